The standard InChI is InChI=1S/C29H28F3N5O2/c1-36(2)23-9-5-20(6-10-23)28(39)37-13-11-19(12-14-37)18-3-7-22(8-4-18)35-27(38)25-17-34-26-24(25)15-21(16-33-26)29(30,31)32/h3-10,15-17,19H,11-14H2,1-2H3,(H,33,34)(H,35,38). The number of rotatable bonds is 5. The Hall–Kier alpha value is -4.34. The number of benzene rings is 2. The van der Waals surface area contributed by atoms with Crippen molar-refractivity contribution in [1.29, 1.82) is 0 Å². The molecule has 0 atom stereocenters. The van der Waals surface area contributed by atoms with Gasteiger partial charge in [0.05, 0.1) is 11.1 Å². The Morgan fingerprint density at radius 1 is 1.03 bits per heavy atom. The summed E-state index contributed by atoms with van der Waals surface area (Å²) in [6.07, 6.45) is -0.799. The molecule has 2 aromatic heterocycles. The van der Waals surface area contributed by atoms with Gasteiger partial charge in [-0.1, -0.05) is 12.1 Å². The molecule has 7 nitrogen and oxygen atoms in total. The van der Waals surface area contributed by atoms with Crippen LogP contribution in [-0.2, 0) is 6.18 Å². The lowest BCUT2D eigenvalue weighted by atomic mass is 9.89. The third kappa shape index (κ3) is 5.59. The van der Waals surface area contributed by atoms with Gasteiger partial charge in [-0.05, 0) is 66.8 Å². The van der Waals surface area contributed by atoms with E-state index in [1.54, 1.807) is 12.1 Å². The topological polar surface area (TPSA) is 81.3 Å². The van der Waals surface area contributed by atoms with Gasteiger partial charge >= 0.3 is 6.18 Å². The Kier molecular flexibility index (Phi) is 7.03. The van der Waals surface area contributed by atoms with Crippen LogP contribution >= 0.6 is 0 Å². The number of halogens is 3. The van der Waals surface area contributed by atoms with Crippen molar-refractivity contribution in [2.75, 3.05) is 37.4 Å². The van der Waals surface area contributed by atoms with Crippen LogP contribution in [0.2, 0.25) is 0 Å². The molecule has 1 fully saturated rings. The molecule has 3 heterocycles. The number of pyridine rings is 1. The lowest BCUT2D eigenvalue weighted by Crippen LogP contribution is -2.37. The zero-order valence-electron chi connectivity index (χ0n) is 21.5. The van der Waals surface area contributed by atoms with Gasteiger partial charge in [-0.3, -0.25) is 9.59 Å². The molecule has 202 valence electrons. The zero-order valence-corrected chi connectivity index (χ0v) is 21.5. The maximum atomic E-state index is 13.1. The highest BCUT2D eigenvalue weighted by molar-refractivity contribution is 6.12. The van der Waals surface area contributed by atoms with Gasteiger partial charge < -0.3 is 20.1 Å². The van der Waals surface area contributed by atoms with Gasteiger partial charge in [0.15, 0.2) is 0 Å². The van der Waals surface area contributed by atoms with E-state index in [1.807, 2.05) is 60.3 Å². The van der Waals surface area contributed by atoms with E-state index in [0.717, 1.165) is 36.4 Å². The first-order chi connectivity index (χ1) is 18.6. The van der Waals surface area contributed by atoms with Gasteiger partial charge in [0.2, 0.25) is 0 Å². The number of aromatic amines is 1. The lowest BCUT2D eigenvalue weighted by Gasteiger charge is -2.32. The van der Waals surface area contributed by atoms with Crippen LogP contribution in [0.4, 0.5) is 24.5 Å². The highest BCUT2D eigenvalue weighted by Crippen LogP contribution is 2.32. The highest BCUT2D eigenvalue weighted by Gasteiger charge is 2.32. The van der Waals surface area contributed by atoms with Crippen molar-refractivity contribution >= 4 is 34.2 Å². The summed E-state index contributed by atoms with van der Waals surface area (Å²) in [5, 5.41) is 2.86. The van der Waals surface area contributed by atoms with Gasteiger partial charge in [0.25, 0.3) is 11.8 Å². The van der Waals surface area contributed by atoms with Crippen LogP contribution in [0.15, 0.2) is 67.0 Å². The number of carbonyl (C=O) groups excluding carboxylic acids is 2. The summed E-state index contributed by atoms with van der Waals surface area (Å²) in [5.41, 5.74) is 2.75. The fourth-order valence-electron chi connectivity index (χ4n) is 4.88. The second-order valence-corrected chi connectivity index (χ2v) is 9.90. The molecule has 1 aliphatic heterocycles. The summed E-state index contributed by atoms with van der Waals surface area (Å²) in [5.74, 6) is -0.206. The lowest BCUT2D eigenvalue weighted by molar-refractivity contribution is -0.137. The van der Waals surface area contributed by atoms with Crippen molar-refractivity contribution in [3.63, 3.8) is 0 Å². The molecule has 0 radical (unpaired) electrons. The maximum Gasteiger partial charge on any atom is 0.417 e. The largest absolute Gasteiger partial charge is 0.417 e. The number of piperidine rings is 1. The molecule has 2 amide bonds. The summed E-state index contributed by atoms with van der Waals surface area (Å²) < 4.78 is 39.3. The molecular weight excluding hydrogens is 507 g/mol. The van der Waals surface area contributed by atoms with Crippen molar-refractivity contribution in [3.05, 3.63) is 89.2 Å². The normalized spacial score (nSPS) is 14.4. The SMILES string of the molecule is CN(C)c1ccc(C(=O)N2CCC(c3ccc(NC(=O)c4c[nH]c5ncc(C(F)(F)F)cc45)cc3)CC2)cc1. The molecule has 2 aromatic carbocycles. The number of likely N-dealkylation sites (tertiary alicyclic amines) is 1. The first-order valence-electron chi connectivity index (χ1n) is 12.6. The van der Waals surface area contributed by atoms with Crippen molar-refractivity contribution < 1.29 is 22.8 Å². The number of alkyl halides is 3. The summed E-state index contributed by atoms with van der Waals surface area (Å²) >= 11 is 0. The van der Waals surface area contributed by atoms with Crippen LogP contribution in [0.5, 0.6) is 0 Å². The number of fused-ring (bicyclic) bond motifs is 1. The number of aromatic nitrogens is 2. The van der Waals surface area contributed by atoms with Gasteiger partial charge in [-0.25, -0.2) is 4.98 Å². The van der Waals surface area contributed by atoms with Crippen LogP contribution in [0.25, 0.3) is 11.0 Å². The molecule has 0 bridgehead atoms. The second kappa shape index (κ2) is 10.4. The Morgan fingerprint density at radius 3 is 2.31 bits per heavy atom. The van der Waals surface area contributed by atoms with E-state index in [0.29, 0.717) is 24.3 Å². The number of anilines is 2. The van der Waals surface area contributed by atoms with Crippen LogP contribution in [0.3, 0.4) is 0 Å². The number of hydrogen-bond donors (Lipinski definition) is 2. The van der Waals surface area contributed by atoms with Crippen LogP contribution in [-0.4, -0.2) is 53.9 Å². The maximum absolute atomic E-state index is 13.1. The Balaban J connectivity index is 1.20. The number of amides is 2. The molecule has 0 saturated carbocycles. The third-order valence-electron chi connectivity index (χ3n) is 7.16. The van der Waals surface area contributed by atoms with E-state index in [4.69, 9.17) is 0 Å². The van der Waals surface area contributed by atoms with Crippen LogP contribution < -0.4 is 10.2 Å². The summed E-state index contributed by atoms with van der Waals surface area (Å²) in [4.78, 5) is 36.2. The predicted molar refractivity (Wildman–Crippen MR) is 144 cm³/mol. The average Bonchev–Trinajstić information content (AvgIpc) is 3.36. The van der Waals surface area contributed by atoms with Gasteiger partial charge in [0.1, 0.15) is 5.65 Å². The zero-order chi connectivity index (χ0) is 27.7. The minimum atomic E-state index is -4.55. The van der Waals surface area contributed by atoms with Gasteiger partial charge in [-0.15, -0.1) is 0 Å². The minimum absolute atomic E-state index is 0.0339. The number of hydrogen-bond acceptors (Lipinski definition) is 4. The number of nitrogens with zero attached hydrogens (tertiary/aromatic N) is 3. The number of nitrogens with one attached hydrogen (secondary N) is 2. The van der Waals surface area contributed by atoms with Crippen LogP contribution in [0.1, 0.15) is 50.6 Å². The van der Waals surface area contributed by atoms with Crippen molar-refractivity contribution in [1.82, 2.24) is 14.9 Å². The monoisotopic (exact) mass is 535 g/mol. The van der Waals surface area contributed by atoms with Gasteiger partial charge in [-0.2, -0.15) is 13.2 Å². The van der Waals surface area contributed by atoms with Crippen LogP contribution in [0, 0.1) is 0 Å². The van der Waals surface area contributed by atoms with Crippen molar-refractivity contribution in [3.8, 4) is 0 Å². The van der Waals surface area contributed by atoms with E-state index < -0.39 is 17.6 Å². The molecule has 5 rings (SSSR count). The fraction of sp³-hybridized carbons (Fsp3) is 0.276. The second-order valence-electron chi connectivity index (χ2n) is 9.90. The Labute approximate surface area is 223 Å². The Morgan fingerprint density at radius 2 is 1.69 bits per heavy atom. The quantitative estimate of drug-likeness (QED) is 0.333. The first kappa shape index (κ1) is 26.3. The molecule has 0 unspecified atom stereocenters. The molecule has 0 aliphatic carbocycles. The van der Waals surface area contributed by atoms with E-state index in [-0.39, 0.29) is 28.4 Å². The predicted octanol–water partition coefficient (Wildman–Crippen LogP) is 5.92. The van der Waals surface area contributed by atoms with Gasteiger partial charge in [0, 0.05) is 61.9 Å². The number of carbonyl (C=O) groups is 2. The smallest absolute Gasteiger partial charge is 0.378 e. The minimum Gasteiger partial charge on any atom is -0.378 e. The third-order valence-corrected chi connectivity index (χ3v) is 7.16. The molecule has 1 aliphatic rings. The molecule has 1 saturated heterocycles. The van der Waals surface area contributed by atoms with Crippen molar-refractivity contribution in [2.45, 2.75) is 24.9 Å². The molecule has 2 N–H and O–H groups in total. The summed E-state index contributed by atoms with van der Waals surface area (Å²) in [7, 11) is 3.92. The average molecular weight is 536 g/mol. The van der Waals surface area contributed by atoms with E-state index in [2.05, 4.69) is 15.3 Å². The van der Waals surface area contributed by atoms with E-state index in [1.165, 1.54) is 6.20 Å². The molecule has 0 spiro atoms. The molecule has 4 aromatic rings. The number of H-pyrrole nitrogens is 1. The molecule has 10 heteroatoms. The van der Waals surface area contributed by atoms with Crippen molar-refractivity contribution in [2.24, 2.45) is 0 Å². The Bertz CT molecular complexity index is 1490. The summed E-state index contributed by atoms with van der Waals surface area (Å²) in [6.45, 7) is 1.32. The molecule has 39 heavy (non-hydrogen) atoms. The highest BCUT2D eigenvalue weighted by atomic mass is 19.4. The first-order valence-corrected chi connectivity index (χ1v) is 12.6. The van der Waals surface area contributed by atoms with E-state index in [9.17, 15) is 22.8 Å². The summed E-state index contributed by atoms with van der Waals surface area (Å²) in [6, 6.07) is 16.0. The fourth-order valence-corrected chi connectivity index (χ4v) is 4.88. The van der Waals surface area contributed by atoms with E-state index >= 15 is 0 Å². The molecular formula is C29H28F3N5O2.